The molecule has 0 bridgehead atoms. The highest BCUT2D eigenvalue weighted by molar-refractivity contribution is 9.10. The minimum absolute atomic E-state index is 0.184. The zero-order chi connectivity index (χ0) is 15.9. The first-order valence-corrected chi connectivity index (χ1v) is 7.81. The van der Waals surface area contributed by atoms with Crippen LogP contribution in [0, 0.1) is 0 Å². The van der Waals surface area contributed by atoms with Gasteiger partial charge in [-0.1, -0.05) is 13.0 Å². The molecule has 0 aromatic heterocycles. The number of anilines is 1. The lowest BCUT2D eigenvalue weighted by atomic mass is 10.2. The Balaban J connectivity index is 2.10. The molecule has 0 unspecified atom stereocenters. The Morgan fingerprint density at radius 3 is 2.73 bits per heavy atom. The molecule has 2 aromatic carbocycles. The summed E-state index contributed by atoms with van der Waals surface area (Å²) in [4.78, 5) is 12.3. The van der Waals surface area contributed by atoms with E-state index in [-0.39, 0.29) is 5.91 Å². The average molecular weight is 364 g/mol. The number of ether oxygens (including phenoxy) is 2. The number of benzene rings is 2. The van der Waals surface area contributed by atoms with Crippen LogP contribution in [0.4, 0.5) is 5.69 Å². The largest absolute Gasteiger partial charge is 0.497 e. The van der Waals surface area contributed by atoms with E-state index in [9.17, 15) is 4.79 Å². The summed E-state index contributed by atoms with van der Waals surface area (Å²) in [5.74, 6) is 1.25. The number of methoxy groups -OCH3 is 1. The molecule has 116 valence electrons. The van der Waals surface area contributed by atoms with E-state index in [4.69, 9.17) is 9.47 Å². The molecule has 0 fully saturated rings. The maximum atomic E-state index is 12.3. The molecule has 0 saturated carbocycles. The minimum Gasteiger partial charge on any atom is -0.497 e. The van der Waals surface area contributed by atoms with Crippen molar-refractivity contribution in [3.05, 3.63) is 52.5 Å². The predicted octanol–water partition coefficient (Wildman–Crippen LogP) is 4.50. The van der Waals surface area contributed by atoms with Crippen LogP contribution in [0.5, 0.6) is 11.5 Å². The van der Waals surface area contributed by atoms with E-state index in [1.165, 1.54) is 0 Å². The Bertz CT molecular complexity index is 658. The molecule has 0 aliphatic rings. The molecule has 2 rings (SSSR count). The molecular weight excluding hydrogens is 346 g/mol. The van der Waals surface area contributed by atoms with Crippen LogP contribution in [0.25, 0.3) is 0 Å². The molecule has 0 radical (unpaired) electrons. The van der Waals surface area contributed by atoms with Crippen LogP contribution < -0.4 is 14.8 Å². The van der Waals surface area contributed by atoms with Gasteiger partial charge in [-0.15, -0.1) is 0 Å². The smallest absolute Gasteiger partial charge is 0.255 e. The van der Waals surface area contributed by atoms with Gasteiger partial charge < -0.3 is 14.8 Å². The monoisotopic (exact) mass is 363 g/mol. The van der Waals surface area contributed by atoms with Crippen molar-refractivity contribution >= 4 is 27.5 Å². The fraction of sp³-hybridized carbons (Fsp3) is 0.235. The number of rotatable bonds is 6. The van der Waals surface area contributed by atoms with E-state index in [2.05, 4.69) is 21.2 Å². The number of carbonyl (C=O) groups is 1. The van der Waals surface area contributed by atoms with E-state index in [0.29, 0.717) is 23.6 Å². The third-order valence-corrected chi connectivity index (χ3v) is 3.60. The lowest BCUT2D eigenvalue weighted by molar-refractivity contribution is 0.102. The first-order valence-electron chi connectivity index (χ1n) is 7.01. The van der Waals surface area contributed by atoms with Gasteiger partial charge in [0.15, 0.2) is 0 Å². The summed E-state index contributed by atoms with van der Waals surface area (Å²) in [5.41, 5.74) is 1.24. The quantitative estimate of drug-likeness (QED) is 0.821. The van der Waals surface area contributed by atoms with Crippen LogP contribution in [0.1, 0.15) is 23.7 Å². The van der Waals surface area contributed by atoms with Crippen molar-refractivity contribution in [3.63, 3.8) is 0 Å². The predicted molar refractivity (Wildman–Crippen MR) is 90.9 cm³/mol. The molecule has 1 amide bonds. The SMILES string of the molecule is CCCOc1ccc(C(=O)Nc2cccc(OC)c2)cc1Br. The van der Waals surface area contributed by atoms with Crippen LogP contribution in [0.2, 0.25) is 0 Å². The topological polar surface area (TPSA) is 47.6 Å². The maximum Gasteiger partial charge on any atom is 0.255 e. The Hall–Kier alpha value is -2.01. The maximum absolute atomic E-state index is 12.3. The van der Waals surface area contributed by atoms with Gasteiger partial charge in [0.25, 0.3) is 5.91 Å². The highest BCUT2D eigenvalue weighted by Crippen LogP contribution is 2.27. The lowest BCUT2D eigenvalue weighted by Crippen LogP contribution is -2.12. The molecule has 0 atom stereocenters. The van der Waals surface area contributed by atoms with Crippen molar-refractivity contribution < 1.29 is 14.3 Å². The third kappa shape index (κ3) is 4.24. The fourth-order valence-electron chi connectivity index (χ4n) is 1.88. The number of hydrogen-bond donors (Lipinski definition) is 1. The second kappa shape index (κ2) is 7.84. The van der Waals surface area contributed by atoms with Crippen molar-refractivity contribution in [2.75, 3.05) is 19.0 Å². The van der Waals surface area contributed by atoms with Gasteiger partial charge in [0.05, 0.1) is 18.2 Å². The second-order valence-electron chi connectivity index (χ2n) is 4.68. The zero-order valence-electron chi connectivity index (χ0n) is 12.6. The van der Waals surface area contributed by atoms with Crippen molar-refractivity contribution in [3.8, 4) is 11.5 Å². The van der Waals surface area contributed by atoms with E-state index in [1.807, 2.05) is 25.1 Å². The van der Waals surface area contributed by atoms with Crippen molar-refractivity contribution in [2.24, 2.45) is 0 Å². The molecule has 1 N–H and O–H groups in total. The van der Waals surface area contributed by atoms with E-state index in [0.717, 1.165) is 16.6 Å². The Morgan fingerprint density at radius 1 is 1.23 bits per heavy atom. The normalized spacial score (nSPS) is 10.1. The first-order chi connectivity index (χ1) is 10.6. The second-order valence-corrected chi connectivity index (χ2v) is 5.53. The highest BCUT2D eigenvalue weighted by atomic mass is 79.9. The van der Waals surface area contributed by atoms with Crippen LogP contribution in [-0.2, 0) is 0 Å². The summed E-state index contributed by atoms with van der Waals surface area (Å²) in [5, 5.41) is 2.84. The van der Waals surface area contributed by atoms with E-state index < -0.39 is 0 Å². The molecule has 0 aliphatic carbocycles. The molecule has 4 nitrogen and oxygen atoms in total. The molecule has 5 heteroatoms. The summed E-state index contributed by atoms with van der Waals surface area (Å²) >= 11 is 3.43. The molecule has 0 saturated heterocycles. The Kier molecular flexibility index (Phi) is 5.83. The molecule has 22 heavy (non-hydrogen) atoms. The number of carbonyl (C=O) groups excluding carboxylic acids is 1. The Labute approximate surface area is 138 Å². The standard InChI is InChI=1S/C17H18BrNO3/c1-3-9-22-16-8-7-12(10-15(16)18)17(20)19-13-5-4-6-14(11-13)21-2/h4-8,10-11H,3,9H2,1-2H3,(H,19,20). The van der Waals surface area contributed by atoms with Gasteiger partial charge in [-0.3, -0.25) is 4.79 Å². The fourth-order valence-corrected chi connectivity index (χ4v) is 2.37. The average Bonchev–Trinajstić information content (AvgIpc) is 2.53. The third-order valence-electron chi connectivity index (χ3n) is 2.98. The highest BCUT2D eigenvalue weighted by Gasteiger charge is 2.10. The zero-order valence-corrected chi connectivity index (χ0v) is 14.1. The van der Waals surface area contributed by atoms with Gasteiger partial charge in [-0.2, -0.15) is 0 Å². The summed E-state index contributed by atoms with van der Waals surface area (Å²) in [6, 6.07) is 12.5. The van der Waals surface area contributed by atoms with Gasteiger partial charge in [-0.25, -0.2) is 0 Å². The molecule has 0 spiro atoms. The van der Waals surface area contributed by atoms with Gasteiger partial charge in [0, 0.05) is 17.3 Å². The van der Waals surface area contributed by atoms with E-state index >= 15 is 0 Å². The van der Waals surface area contributed by atoms with Crippen molar-refractivity contribution in [1.82, 2.24) is 0 Å². The summed E-state index contributed by atoms with van der Waals surface area (Å²) < 4.78 is 11.5. The van der Waals surface area contributed by atoms with Gasteiger partial charge in [0.1, 0.15) is 11.5 Å². The minimum atomic E-state index is -0.184. The van der Waals surface area contributed by atoms with Gasteiger partial charge in [-0.05, 0) is 52.7 Å². The molecule has 2 aromatic rings. The number of amides is 1. The van der Waals surface area contributed by atoms with E-state index in [1.54, 1.807) is 31.4 Å². The van der Waals surface area contributed by atoms with Crippen molar-refractivity contribution in [2.45, 2.75) is 13.3 Å². The van der Waals surface area contributed by atoms with Gasteiger partial charge >= 0.3 is 0 Å². The summed E-state index contributed by atoms with van der Waals surface area (Å²) in [6.45, 7) is 2.69. The number of halogens is 1. The van der Waals surface area contributed by atoms with Crippen molar-refractivity contribution in [1.29, 1.82) is 0 Å². The van der Waals surface area contributed by atoms with Crippen LogP contribution in [-0.4, -0.2) is 19.6 Å². The van der Waals surface area contributed by atoms with Gasteiger partial charge in [0.2, 0.25) is 0 Å². The number of nitrogens with one attached hydrogen (secondary N) is 1. The summed E-state index contributed by atoms with van der Waals surface area (Å²) in [6.07, 6.45) is 0.935. The number of hydrogen-bond acceptors (Lipinski definition) is 3. The van der Waals surface area contributed by atoms with Crippen LogP contribution in [0.15, 0.2) is 46.9 Å². The Morgan fingerprint density at radius 2 is 2.05 bits per heavy atom. The first kappa shape index (κ1) is 16.4. The lowest BCUT2D eigenvalue weighted by Gasteiger charge is -2.10. The van der Waals surface area contributed by atoms with Crippen LogP contribution in [0.3, 0.4) is 0 Å². The molecule has 0 heterocycles. The molecule has 0 aliphatic heterocycles. The molecular formula is C17H18BrNO3. The summed E-state index contributed by atoms with van der Waals surface area (Å²) in [7, 11) is 1.59. The van der Waals surface area contributed by atoms with Crippen LogP contribution >= 0.6 is 15.9 Å².